The van der Waals surface area contributed by atoms with Gasteiger partial charge in [0.1, 0.15) is 0 Å². The topological polar surface area (TPSA) is 71.1 Å². The Morgan fingerprint density at radius 3 is 1.32 bits per heavy atom. The molecule has 0 spiro atoms. The number of esters is 2. The molecule has 0 saturated carbocycles. The van der Waals surface area contributed by atoms with Gasteiger partial charge in [0, 0.05) is 13.2 Å². The largest absolute Gasteiger partial charge is 0.462 e. The van der Waals surface area contributed by atoms with Crippen molar-refractivity contribution in [2.45, 2.75) is 65.2 Å². The van der Waals surface area contributed by atoms with Crippen LogP contribution in [0.25, 0.3) is 0 Å². The Hall–Kier alpha value is -2.44. The van der Waals surface area contributed by atoms with Gasteiger partial charge in [-0.3, -0.25) is 0 Å². The van der Waals surface area contributed by atoms with Gasteiger partial charge < -0.3 is 18.9 Å². The molecule has 0 radical (unpaired) electrons. The zero-order chi connectivity index (χ0) is 25.0. The molecule has 0 aromatic heterocycles. The molecule has 0 saturated heterocycles. The minimum atomic E-state index is -0.493. The molecule has 6 heteroatoms. The maximum absolute atomic E-state index is 12.5. The number of ether oxygens (including phenoxy) is 4. The fourth-order valence-electron chi connectivity index (χ4n) is 3.14. The molecule has 0 aliphatic heterocycles. The molecule has 0 atom stereocenters. The van der Waals surface area contributed by atoms with Crippen LogP contribution in [0.5, 0.6) is 0 Å². The lowest BCUT2D eigenvalue weighted by molar-refractivity contribution is 0.0449. The summed E-state index contributed by atoms with van der Waals surface area (Å²) in [5.41, 5.74) is 2.53. The third-order valence-electron chi connectivity index (χ3n) is 4.90. The summed E-state index contributed by atoms with van der Waals surface area (Å²) in [7, 11) is 0. The SMILES string of the molecule is C=C(C)COCCCCCCOC(=O)c1ccccc1C(=O)OCCCCCCOCC(=C)C. The van der Waals surface area contributed by atoms with E-state index in [9.17, 15) is 9.59 Å². The number of carbonyl (C=O) groups is 2. The van der Waals surface area contributed by atoms with Gasteiger partial charge in [0.15, 0.2) is 0 Å². The van der Waals surface area contributed by atoms with Gasteiger partial charge in [0.05, 0.1) is 37.6 Å². The molecule has 1 aromatic rings. The summed E-state index contributed by atoms with van der Waals surface area (Å²) in [4.78, 5) is 25.0. The summed E-state index contributed by atoms with van der Waals surface area (Å²) in [5.74, 6) is -0.987. The first-order chi connectivity index (χ1) is 16.4. The number of benzene rings is 1. The second-order valence-corrected chi connectivity index (χ2v) is 8.67. The van der Waals surface area contributed by atoms with E-state index in [1.165, 1.54) is 0 Å². The van der Waals surface area contributed by atoms with Gasteiger partial charge >= 0.3 is 11.9 Å². The van der Waals surface area contributed by atoms with Gasteiger partial charge in [-0.25, -0.2) is 9.59 Å². The highest BCUT2D eigenvalue weighted by atomic mass is 16.5. The zero-order valence-corrected chi connectivity index (χ0v) is 21.1. The summed E-state index contributed by atoms with van der Waals surface area (Å²) in [5, 5.41) is 0. The summed E-state index contributed by atoms with van der Waals surface area (Å²) < 4.78 is 21.7. The molecule has 190 valence electrons. The molecule has 0 aliphatic carbocycles. The van der Waals surface area contributed by atoms with Gasteiger partial charge in [-0.1, -0.05) is 49.3 Å². The molecule has 0 N–H and O–H groups in total. The summed E-state index contributed by atoms with van der Waals surface area (Å²) in [6.07, 6.45) is 7.42. The Balaban J connectivity index is 2.23. The molecule has 0 fully saturated rings. The lowest BCUT2D eigenvalue weighted by Crippen LogP contribution is -2.15. The molecule has 1 aromatic carbocycles. The Morgan fingerprint density at radius 2 is 0.971 bits per heavy atom. The fraction of sp³-hybridized carbons (Fsp3) is 0.571. The van der Waals surface area contributed by atoms with Crippen molar-refractivity contribution in [3.8, 4) is 0 Å². The third-order valence-corrected chi connectivity index (χ3v) is 4.90. The zero-order valence-electron chi connectivity index (χ0n) is 21.1. The van der Waals surface area contributed by atoms with Crippen molar-refractivity contribution in [2.75, 3.05) is 39.6 Å². The quantitative estimate of drug-likeness (QED) is 0.125. The molecule has 0 amide bonds. The van der Waals surface area contributed by atoms with Crippen molar-refractivity contribution >= 4 is 11.9 Å². The molecule has 34 heavy (non-hydrogen) atoms. The normalized spacial score (nSPS) is 10.6. The van der Waals surface area contributed by atoms with Gasteiger partial charge in [0.25, 0.3) is 0 Å². The molecule has 0 unspecified atom stereocenters. The summed E-state index contributed by atoms with van der Waals surface area (Å²) >= 11 is 0. The maximum Gasteiger partial charge on any atom is 0.339 e. The standard InChI is InChI=1S/C28H42O6/c1-23(2)21-31-17-11-5-7-13-19-33-27(29)25-15-9-10-16-26(25)28(30)34-20-14-8-6-12-18-32-22-24(3)4/h9-10,15-16H,1,3,5-8,11-14,17-22H2,2,4H3. The van der Waals surface area contributed by atoms with Crippen LogP contribution < -0.4 is 0 Å². The monoisotopic (exact) mass is 474 g/mol. The fourth-order valence-corrected chi connectivity index (χ4v) is 3.14. The molecule has 6 nitrogen and oxygen atoms in total. The van der Waals surface area contributed by atoms with Crippen molar-refractivity contribution in [3.05, 3.63) is 59.7 Å². The minimum Gasteiger partial charge on any atom is -0.462 e. The predicted molar refractivity (Wildman–Crippen MR) is 135 cm³/mol. The van der Waals surface area contributed by atoms with E-state index in [0.717, 1.165) is 62.5 Å². The highest BCUT2D eigenvalue weighted by molar-refractivity contribution is 6.03. The van der Waals surface area contributed by atoms with E-state index in [4.69, 9.17) is 18.9 Å². The van der Waals surface area contributed by atoms with Crippen LogP contribution in [0.3, 0.4) is 0 Å². The molecule has 0 bridgehead atoms. The van der Waals surface area contributed by atoms with Crippen LogP contribution in [0.4, 0.5) is 0 Å². The van der Waals surface area contributed by atoms with E-state index in [-0.39, 0.29) is 11.1 Å². The summed E-state index contributed by atoms with van der Waals surface area (Å²) in [6, 6.07) is 6.63. The number of carbonyl (C=O) groups excluding carboxylic acids is 2. The number of unbranched alkanes of at least 4 members (excludes halogenated alkanes) is 6. The van der Waals surface area contributed by atoms with Gasteiger partial charge in [-0.2, -0.15) is 0 Å². The van der Waals surface area contributed by atoms with E-state index < -0.39 is 11.9 Å². The van der Waals surface area contributed by atoms with Crippen LogP contribution in [0, 0.1) is 0 Å². The molecular weight excluding hydrogens is 432 g/mol. The predicted octanol–water partition coefficient (Wildman–Crippen LogP) is 6.31. The van der Waals surface area contributed by atoms with E-state index in [1.54, 1.807) is 24.3 Å². The smallest absolute Gasteiger partial charge is 0.339 e. The van der Waals surface area contributed by atoms with Crippen LogP contribution in [-0.2, 0) is 18.9 Å². The van der Waals surface area contributed by atoms with E-state index in [1.807, 2.05) is 13.8 Å². The molecular formula is C28H42O6. The van der Waals surface area contributed by atoms with Gasteiger partial charge in [0.2, 0.25) is 0 Å². The van der Waals surface area contributed by atoms with Crippen LogP contribution in [0.1, 0.15) is 85.9 Å². The average molecular weight is 475 g/mol. The first-order valence-electron chi connectivity index (χ1n) is 12.3. The van der Waals surface area contributed by atoms with Gasteiger partial charge in [-0.05, 0) is 64.5 Å². The number of hydrogen-bond donors (Lipinski definition) is 0. The minimum absolute atomic E-state index is 0.246. The second-order valence-electron chi connectivity index (χ2n) is 8.67. The van der Waals surface area contributed by atoms with Crippen molar-refractivity contribution in [1.29, 1.82) is 0 Å². The first-order valence-corrected chi connectivity index (χ1v) is 12.3. The van der Waals surface area contributed by atoms with Crippen LogP contribution in [0.2, 0.25) is 0 Å². The molecule has 1 rings (SSSR count). The maximum atomic E-state index is 12.5. The van der Waals surface area contributed by atoms with Crippen molar-refractivity contribution in [1.82, 2.24) is 0 Å². The van der Waals surface area contributed by atoms with Gasteiger partial charge in [-0.15, -0.1) is 0 Å². The lowest BCUT2D eigenvalue weighted by atomic mass is 10.1. The lowest BCUT2D eigenvalue weighted by Gasteiger charge is -2.10. The summed E-state index contributed by atoms with van der Waals surface area (Å²) in [6.45, 7) is 14.8. The Bertz CT molecular complexity index is 692. The van der Waals surface area contributed by atoms with Crippen molar-refractivity contribution in [2.24, 2.45) is 0 Å². The second kappa shape index (κ2) is 18.9. The third kappa shape index (κ3) is 14.7. The number of hydrogen-bond acceptors (Lipinski definition) is 6. The van der Waals surface area contributed by atoms with E-state index >= 15 is 0 Å². The van der Waals surface area contributed by atoms with Crippen molar-refractivity contribution < 1.29 is 28.5 Å². The first kappa shape index (κ1) is 29.6. The molecule has 0 aliphatic rings. The van der Waals surface area contributed by atoms with Crippen LogP contribution in [-0.4, -0.2) is 51.6 Å². The van der Waals surface area contributed by atoms with E-state index in [2.05, 4.69) is 13.2 Å². The Labute approximate surface area is 205 Å². The van der Waals surface area contributed by atoms with Crippen LogP contribution in [0.15, 0.2) is 48.6 Å². The Kier molecular flexibility index (Phi) is 16.5. The van der Waals surface area contributed by atoms with Crippen LogP contribution >= 0.6 is 0 Å². The average Bonchev–Trinajstić information content (AvgIpc) is 2.81. The molecule has 0 heterocycles. The van der Waals surface area contributed by atoms with E-state index in [0.29, 0.717) is 39.6 Å². The number of rotatable bonds is 20. The Morgan fingerprint density at radius 1 is 0.618 bits per heavy atom. The highest BCUT2D eigenvalue weighted by Crippen LogP contribution is 2.13. The highest BCUT2D eigenvalue weighted by Gasteiger charge is 2.18. The van der Waals surface area contributed by atoms with Crippen molar-refractivity contribution in [3.63, 3.8) is 0 Å².